The molecule has 120 valence electrons. The van der Waals surface area contributed by atoms with E-state index in [1.54, 1.807) is 17.0 Å². The fraction of sp³-hybridized carbons (Fsp3) is 0.188. The lowest BCUT2D eigenvalue weighted by atomic mass is 10.2. The van der Waals surface area contributed by atoms with E-state index in [4.69, 9.17) is 0 Å². The summed E-state index contributed by atoms with van der Waals surface area (Å²) in [6.45, 7) is -2.84. The highest BCUT2D eigenvalue weighted by Gasteiger charge is 2.33. The number of ether oxygens (including phenoxy) is 1. The highest BCUT2D eigenvalue weighted by atomic mass is 79.9. The molecule has 3 nitrogen and oxygen atoms in total. The number of carbonyl (C=O) groups is 1. The number of rotatable bonds is 4. The van der Waals surface area contributed by atoms with Crippen LogP contribution >= 0.6 is 27.7 Å². The van der Waals surface area contributed by atoms with Crippen LogP contribution in [-0.2, 0) is 4.79 Å². The van der Waals surface area contributed by atoms with E-state index in [1.807, 2.05) is 24.3 Å². The molecule has 1 aliphatic rings. The van der Waals surface area contributed by atoms with Crippen LogP contribution in [-0.4, -0.2) is 18.3 Å². The normalized spacial score (nSPS) is 17.8. The van der Waals surface area contributed by atoms with Gasteiger partial charge in [0.1, 0.15) is 11.1 Å². The summed E-state index contributed by atoms with van der Waals surface area (Å²) >= 11 is 4.88. The molecule has 1 saturated heterocycles. The molecule has 0 saturated carbocycles. The van der Waals surface area contributed by atoms with Crippen molar-refractivity contribution in [3.63, 3.8) is 0 Å². The Morgan fingerprint density at radius 1 is 1.13 bits per heavy atom. The maximum atomic E-state index is 12.2. The van der Waals surface area contributed by atoms with Gasteiger partial charge in [-0.25, -0.2) is 0 Å². The Bertz CT molecular complexity index is 694. The van der Waals surface area contributed by atoms with Crippen LogP contribution in [0.25, 0.3) is 0 Å². The van der Waals surface area contributed by atoms with Crippen molar-refractivity contribution in [1.82, 2.24) is 0 Å². The largest absolute Gasteiger partial charge is 0.435 e. The summed E-state index contributed by atoms with van der Waals surface area (Å²) in [5, 5.41) is -0.177. The van der Waals surface area contributed by atoms with Gasteiger partial charge in [-0.05, 0) is 42.0 Å². The van der Waals surface area contributed by atoms with Crippen molar-refractivity contribution in [2.24, 2.45) is 0 Å². The minimum Gasteiger partial charge on any atom is -0.435 e. The zero-order chi connectivity index (χ0) is 16.4. The standard InChI is InChI=1S/C16H12BrF2NO2S/c17-11-3-5-12(6-4-11)20-14(21)9-23-15(20)10-1-7-13(8-2-10)22-16(18)19/h1-8,15-16H,9H2/t15-/m0/s1. The van der Waals surface area contributed by atoms with Gasteiger partial charge >= 0.3 is 6.61 Å². The molecule has 1 aliphatic heterocycles. The van der Waals surface area contributed by atoms with Crippen LogP contribution < -0.4 is 9.64 Å². The maximum absolute atomic E-state index is 12.2. The topological polar surface area (TPSA) is 29.5 Å². The van der Waals surface area contributed by atoms with E-state index in [0.717, 1.165) is 15.7 Å². The van der Waals surface area contributed by atoms with Crippen LogP contribution in [0.2, 0.25) is 0 Å². The predicted molar refractivity (Wildman–Crippen MR) is 89.9 cm³/mol. The average Bonchev–Trinajstić information content (AvgIpc) is 2.90. The van der Waals surface area contributed by atoms with E-state index in [2.05, 4.69) is 20.7 Å². The molecule has 0 unspecified atom stereocenters. The Morgan fingerprint density at radius 2 is 1.78 bits per heavy atom. The average molecular weight is 400 g/mol. The zero-order valence-corrected chi connectivity index (χ0v) is 14.2. The van der Waals surface area contributed by atoms with E-state index in [1.165, 1.54) is 23.9 Å². The van der Waals surface area contributed by atoms with Crippen molar-refractivity contribution in [1.29, 1.82) is 0 Å². The molecule has 0 aliphatic carbocycles. The lowest BCUT2D eigenvalue weighted by Gasteiger charge is -2.24. The molecule has 0 N–H and O–H groups in total. The van der Waals surface area contributed by atoms with Gasteiger partial charge in [0, 0.05) is 10.2 Å². The quantitative estimate of drug-likeness (QED) is 0.737. The number of hydrogen-bond donors (Lipinski definition) is 0. The molecular weight excluding hydrogens is 388 g/mol. The Morgan fingerprint density at radius 3 is 2.39 bits per heavy atom. The van der Waals surface area contributed by atoms with Crippen molar-refractivity contribution >= 4 is 39.3 Å². The fourth-order valence-electron chi connectivity index (χ4n) is 2.37. The smallest absolute Gasteiger partial charge is 0.387 e. The van der Waals surface area contributed by atoms with Gasteiger partial charge in [0.2, 0.25) is 5.91 Å². The number of nitrogens with zero attached hydrogens (tertiary/aromatic N) is 1. The number of anilines is 1. The van der Waals surface area contributed by atoms with Crippen LogP contribution in [0.3, 0.4) is 0 Å². The van der Waals surface area contributed by atoms with Gasteiger partial charge in [0.05, 0.1) is 5.75 Å². The van der Waals surface area contributed by atoms with Crippen molar-refractivity contribution in [2.75, 3.05) is 10.7 Å². The first-order chi connectivity index (χ1) is 11.0. The van der Waals surface area contributed by atoms with Gasteiger partial charge in [-0.3, -0.25) is 9.69 Å². The molecule has 23 heavy (non-hydrogen) atoms. The van der Waals surface area contributed by atoms with Crippen molar-refractivity contribution in [3.05, 3.63) is 58.6 Å². The number of halogens is 3. The molecule has 0 spiro atoms. The first-order valence-electron chi connectivity index (χ1n) is 6.78. The van der Waals surface area contributed by atoms with E-state index < -0.39 is 6.61 Å². The van der Waals surface area contributed by atoms with E-state index in [9.17, 15) is 13.6 Å². The molecule has 2 aromatic rings. The number of alkyl halides is 2. The van der Waals surface area contributed by atoms with Gasteiger partial charge < -0.3 is 4.74 Å². The van der Waals surface area contributed by atoms with Crippen LogP contribution in [0, 0.1) is 0 Å². The SMILES string of the molecule is O=C1CS[C@@H](c2ccc(OC(F)F)cc2)N1c1ccc(Br)cc1. The first-order valence-corrected chi connectivity index (χ1v) is 8.63. The second kappa shape index (κ2) is 6.88. The number of thioether (sulfide) groups is 1. The van der Waals surface area contributed by atoms with Crippen molar-refractivity contribution in [3.8, 4) is 5.75 Å². The van der Waals surface area contributed by atoms with Crippen molar-refractivity contribution in [2.45, 2.75) is 12.0 Å². The highest BCUT2D eigenvalue weighted by Crippen LogP contribution is 2.42. The molecule has 1 heterocycles. The predicted octanol–water partition coefficient (Wildman–Crippen LogP) is 4.83. The Balaban J connectivity index is 1.85. The molecule has 2 aromatic carbocycles. The van der Waals surface area contributed by atoms with Crippen LogP contribution in [0.5, 0.6) is 5.75 Å². The number of benzene rings is 2. The summed E-state index contributed by atoms with van der Waals surface area (Å²) in [6, 6.07) is 13.9. The molecule has 0 aromatic heterocycles. The summed E-state index contributed by atoms with van der Waals surface area (Å²) < 4.78 is 29.7. The number of amides is 1. The summed E-state index contributed by atoms with van der Waals surface area (Å²) in [5.74, 6) is 0.513. The van der Waals surface area contributed by atoms with Crippen LogP contribution in [0.4, 0.5) is 14.5 Å². The molecule has 3 rings (SSSR count). The lowest BCUT2D eigenvalue weighted by Crippen LogP contribution is -2.27. The highest BCUT2D eigenvalue weighted by molar-refractivity contribution is 9.10. The minimum absolute atomic E-state index is 0.0234. The first kappa shape index (κ1) is 16.3. The van der Waals surface area contributed by atoms with Crippen molar-refractivity contribution < 1.29 is 18.3 Å². The Hall–Kier alpha value is -1.60. The molecular formula is C16H12BrF2NO2S. The zero-order valence-electron chi connectivity index (χ0n) is 11.8. The summed E-state index contributed by atoms with van der Waals surface area (Å²) in [7, 11) is 0. The summed E-state index contributed by atoms with van der Waals surface area (Å²) in [4.78, 5) is 13.9. The van der Waals surface area contributed by atoms with Gasteiger partial charge in [-0.2, -0.15) is 8.78 Å². The molecule has 0 radical (unpaired) electrons. The fourth-order valence-corrected chi connectivity index (χ4v) is 3.81. The third-order valence-electron chi connectivity index (χ3n) is 3.36. The summed E-state index contributed by atoms with van der Waals surface area (Å²) in [5.41, 5.74) is 1.67. The lowest BCUT2D eigenvalue weighted by molar-refractivity contribution is -0.115. The second-order valence-electron chi connectivity index (χ2n) is 4.85. The molecule has 1 atom stereocenters. The third-order valence-corrected chi connectivity index (χ3v) is 5.10. The Labute approximate surface area is 144 Å². The second-order valence-corrected chi connectivity index (χ2v) is 6.84. The van der Waals surface area contributed by atoms with E-state index in [0.29, 0.717) is 5.75 Å². The van der Waals surface area contributed by atoms with E-state index >= 15 is 0 Å². The van der Waals surface area contributed by atoms with Gasteiger partial charge in [0.25, 0.3) is 0 Å². The molecule has 7 heteroatoms. The minimum atomic E-state index is -2.84. The van der Waals surface area contributed by atoms with Gasteiger partial charge in [0.15, 0.2) is 0 Å². The summed E-state index contributed by atoms with van der Waals surface area (Å²) in [6.07, 6.45) is 0. The van der Waals surface area contributed by atoms with Crippen LogP contribution in [0.15, 0.2) is 53.0 Å². The third kappa shape index (κ3) is 3.67. The molecule has 0 bridgehead atoms. The van der Waals surface area contributed by atoms with Gasteiger partial charge in [-0.15, -0.1) is 11.8 Å². The van der Waals surface area contributed by atoms with Crippen LogP contribution in [0.1, 0.15) is 10.9 Å². The van der Waals surface area contributed by atoms with E-state index in [-0.39, 0.29) is 17.0 Å². The number of hydrogen-bond acceptors (Lipinski definition) is 3. The molecule has 1 amide bonds. The Kier molecular flexibility index (Phi) is 4.87. The van der Waals surface area contributed by atoms with Gasteiger partial charge in [-0.1, -0.05) is 28.1 Å². The monoisotopic (exact) mass is 399 g/mol. The molecule has 1 fully saturated rings. The maximum Gasteiger partial charge on any atom is 0.387 e. The number of carbonyl (C=O) groups excluding carboxylic acids is 1.